The number of aromatic nitrogens is 2. The van der Waals surface area contributed by atoms with E-state index in [0.29, 0.717) is 12.1 Å². The predicted octanol–water partition coefficient (Wildman–Crippen LogP) is 3.39. The number of hydrogen-bond acceptors (Lipinski definition) is 2. The Balaban J connectivity index is 1.92. The first kappa shape index (κ1) is 14.1. The van der Waals surface area contributed by atoms with Gasteiger partial charge >= 0.3 is 0 Å². The lowest BCUT2D eigenvalue weighted by molar-refractivity contribution is 0.188. The number of hydrogen-bond donors (Lipinski definition) is 1. The van der Waals surface area contributed by atoms with E-state index in [1.165, 1.54) is 62.2 Å². The van der Waals surface area contributed by atoms with Crippen molar-refractivity contribution in [3.8, 4) is 0 Å². The minimum Gasteiger partial charge on any atom is -0.327 e. The molecule has 0 aliphatic heterocycles. The zero-order valence-corrected chi connectivity index (χ0v) is 13.2. The van der Waals surface area contributed by atoms with Crippen LogP contribution in [0.5, 0.6) is 0 Å². The molecule has 3 unspecified atom stereocenters. The van der Waals surface area contributed by atoms with Crippen LogP contribution in [0.3, 0.4) is 0 Å². The number of aryl methyl sites for hydroxylation is 2. The standard InChI is InChI=1S/C17H29N3/c1-11(2)13-8-9-14(18)17(10-13)20-12(3)19-15-6-4-5-7-16(15)20/h11,13-14,17H,4-10,18H2,1-3H3. The summed E-state index contributed by atoms with van der Waals surface area (Å²) in [5.41, 5.74) is 9.34. The van der Waals surface area contributed by atoms with Crippen molar-refractivity contribution in [3.63, 3.8) is 0 Å². The molecule has 2 N–H and O–H groups in total. The molecule has 2 aliphatic carbocycles. The predicted molar refractivity (Wildman–Crippen MR) is 82.8 cm³/mol. The Morgan fingerprint density at radius 3 is 2.70 bits per heavy atom. The largest absolute Gasteiger partial charge is 0.327 e. The van der Waals surface area contributed by atoms with Crippen molar-refractivity contribution in [3.05, 3.63) is 17.2 Å². The van der Waals surface area contributed by atoms with E-state index in [1.807, 2.05) is 0 Å². The van der Waals surface area contributed by atoms with E-state index in [0.717, 1.165) is 11.8 Å². The summed E-state index contributed by atoms with van der Waals surface area (Å²) in [5, 5.41) is 0. The fourth-order valence-corrected chi connectivity index (χ4v) is 4.24. The maximum Gasteiger partial charge on any atom is 0.106 e. The summed E-state index contributed by atoms with van der Waals surface area (Å²) in [6, 6.07) is 0.787. The second kappa shape index (κ2) is 5.51. The highest BCUT2D eigenvalue weighted by Crippen LogP contribution is 2.38. The monoisotopic (exact) mass is 275 g/mol. The second-order valence-electron chi connectivity index (χ2n) is 7.18. The van der Waals surface area contributed by atoms with E-state index < -0.39 is 0 Å². The molecule has 0 saturated heterocycles. The molecule has 3 heteroatoms. The Labute approximate surface area is 123 Å². The molecule has 3 nitrogen and oxygen atoms in total. The summed E-state index contributed by atoms with van der Waals surface area (Å²) in [5.74, 6) is 2.78. The van der Waals surface area contributed by atoms with Crippen LogP contribution in [0, 0.1) is 18.8 Å². The minimum absolute atomic E-state index is 0.309. The van der Waals surface area contributed by atoms with Gasteiger partial charge in [-0.1, -0.05) is 13.8 Å². The molecule has 0 amide bonds. The van der Waals surface area contributed by atoms with Gasteiger partial charge < -0.3 is 10.3 Å². The van der Waals surface area contributed by atoms with Gasteiger partial charge in [0.2, 0.25) is 0 Å². The van der Waals surface area contributed by atoms with Gasteiger partial charge in [-0.2, -0.15) is 0 Å². The van der Waals surface area contributed by atoms with Crippen molar-refractivity contribution in [1.29, 1.82) is 0 Å². The normalized spacial score (nSPS) is 30.6. The Hall–Kier alpha value is -0.830. The highest BCUT2D eigenvalue weighted by Gasteiger charge is 2.33. The molecule has 0 bridgehead atoms. The van der Waals surface area contributed by atoms with Crippen LogP contribution < -0.4 is 5.73 Å². The molecule has 0 aromatic carbocycles. The maximum atomic E-state index is 6.49. The van der Waals surface area contributed by atoms with Crippen LogP contribution in [-0.2, 0) is 12.8 Å². The average Bonchev–Trinajstić information content (AvgIpc) is 2.75. The van der Waals surface area contributed by atoms with Crippen LogP contribution >= 0.6 is 0 Å². The minimum atomic E-state index is 0.309. The van der Waals surface area contributed by atoms with Gasteiger partial charge in [0, 0.05) is 11.7 Å². The van der Waals surface area contributed by atoms with Crippen molar-refractivity contribution in [2.75, 3.05) is 0 Å². The van der Waals surface area contributed by atoms with Gasteiger partial charge in [0.15, 0.2) is 0 Å². The van der Waals surface area contributed by atoms with Crippen LogP contribution in [0.4, 0.5) is 0 Å². The summed E-state index contributed by atoms with van der Waals surface area (Å²) >= 11 is 0. The van der Waals surface area contributed by atoms with E-state index in [-0.39, 0.29) is 0 Å². The number of fused-ring (bicyclic) bond motifs is 1. The van der Waals surface area contributed by atoms with Gasteiger partial charge in [0.25, 0.3) is 0 Å². The molecule has 1 saturated carbocycles. The van der Waals surface area contributed by atoms with Crippen molar-refractivity contribution < 1.29 is 0 Å². The fourth-order valence-electron chi connectivity index (χ4n) is 4.24. The third kappa shape index (κ3) is 2.41. The van der Waals surface area contributed by atoms with E-state index in [2.05, 4.69) is 25.3 Å². The van der Waals surface area contributed by atoms with Crippen LogP contribution in [0.2, 0.25) is 0 Å². The zero-order chi connectivity index (χ0) is 14.3. The van der Waals surface area contributed by atoms with Gasteiger partial charge in [-0.3, -0.25) is 0 Å². The number of rotatable bonds is 2. The van der Waals surface area contributed by atoms with E-state index in [9.17, 15) is 0 Å². The summed E-state index contributed by atoms with van der Waals surface area (Å²) in [6.07, 6.45) is 8.68. The van der Waals surface area contributed by atoms with E-state index in [1.54, 1.807) is 0 Å². The lowest BCUT2D eigenvalue weighted by Crippen LogP contribution is -2.40. The van der Waals surface area contributed by atoms with Gasteiger partial charge in [-0.15, -0.1) is 0 Å². The Morgan fingerprint density at radius 1 is 1.20 bits per heavy atom. The zero-order valence-electron chi connectivity index (χ0n) is 13.2. The first-order valence-corrected chi connectivity index (χ1v) is 8.40. The van der Waals surface area contributed by atoms with E-state index in [4.69, 9.17) is 10.7 Å². The molecule has 3 rings (SSSR count). The molecule has 0 radical (unpaired) electrons. The molecule has 0 spiro atoms. The highest BCUT2D eigenvalue weighted by molar-refractivity contribution is 5.21. The molecule has 1 heterocycles. The topological polar surface area (TPSA) is 43.8 Å². The molecule has 20 heavy (non-hydrogen) atoms. The van der Waals surface area contributed by atoms with Gasteiger partial charge in [0.05, 0.1) is 11.7 Å². The van der Waals surface area contributed by atoms with Crippen LogP contribution in [0.25, 0.3) is 0 Å². The number of imidazole rings is 1. The van der Waals surface area contributed by atoms with Gasteiger partial charge in [0.1, 0.15) is 5.82 Å². The van der Waals surface area contributed by atoms with Crippen molar-refractivity contribution >= 4 is 0 Å². The fraction of sp³-hybridized carbons (Fsp3) is 0.824. The molecular weight excluding hydrogens is 246 g/mol. The molecule has 2 aliphatic rings. The van der Waals surface area contributed by atoms with Gasteiger partial charge in [-0.25, -0.2) is 4.98 Å². The molecule has 3 atom stereocenters. The highest BCUT2D eigenvalue weighted by atomic mass is 15.1. The Kier molecular flexibility index (Phi) is 3.89. The number of nitrogens with two attached hydrogens (primary N) is 1. The van der Waals surface area contributed by atoms with Crippen LogP contribution in [-0.4, -0.2) is 15.6 Å². The summed E-state index contributed by atoms with van der Waals surface area (Å²) in [4.78, 5) is 4.84. The third-order valence-corrected chi connectivity index (χ3v) is 5.53. The summed E-state index contributed by atoms with van der Waals surface area (Å²) < 4.78 is 2.52. The number of nitrogens with zero attached hydrogens (tertiary/aromatic N) is 2. The smallest absolute Gasteiger partial charge is 0.106 e. The van der Waals surface area contributed by atoms with Crippen molar-refractivity contribution in [1.82, 2.24) is 9.55 Å². The van der Waals surface area contributed by atoms with E-state index >= 15 is 0 Å². The van der Waals surface area contributed by atoms with Crippen LogP contribution in [0.15, 0.2) is 0 Å². The van der Waals surface area contributed by atoms with Crippen molar-refractivity contribution in [2.24, 2.45) is 17.6 Å². The van der Waals surface area contributed by atoms with Crippen LogP contribution in [0.1, 0.15) is 69.2 Å². The maximum absolute atomic E-state index is 6.49. The Morgan fingerprint density at radius 2 is 1.95 bits per heavy atom. The lowest BCUT2D eigenvalue weighted by atomic mass is 9.77. The first-order chi connectivity index (χ1) is 9.58. The first-order valence-electron chi connectivity index (χ1n) is 8.40. The Bertz CT molecular complexity index is 475. The molecule has 1 fully saturated rings. The quantitative estimate of drug-likeness (QED) is 0.899. The van der Waals surface area contributed by atoms with Gasteiger partial charge in [-0.05, 0) is 63.7 Å². The average molecular weight is 275 g/mol. The third-order valence-electron chi connectivity index (χ3n) is 5.53. The molecule has 1 aromatic rings. The lowest BCUT2D eigenvalue weighted by Gasteiger charge is -2.38. The summed E-state index contributed by atoms with van der Waals surface area (Å²) in [6.45, 7) is 6.88. The molecule has 112 valence electrons. The molecular formula is C17H29N3. The molecule has 1 aromatic heterocycles. The SMILES string of the molecule is Cc1nc2c(n1C1CC(C(C)C)CCC1N)CCCC2. The second-order valence-corrected chi connectivity index (χ2v) is 7.18. The van der Waals surface area contributed by atoms with Crippen molar-refractivity contribution in [2.45, 2.75) is 77.8 Å². The summed E-state index contributed by atoms with van der Waals surface area (Å²) in [7, 11) is 0.